The van der Waals surface area contributed by atoms with E-state index in [2.05, 4.69) is 20.9 Å². The molecule has 0 atom stereocenters. The first-order chi connectivity index (χ1) is 3.79. The van der Waals surface area contributed by atoms with E-state index in [0.717, 1.165) is 4.47 Å². The normalized spacial score (nSPS) is 7.40. The zero-order chi connectivity index (χ0) is 5.98. The second-order valence-electron chi connectivity index (χ2n) is 1.30. The standard InChI is InChI=1S/C5H3BrFN.BrH.Li/c6-4-1-2-5(7)8-3-4;;/h1-3H;1H;/q;;+1/p-1. The van der Waals surface area contributed by atoms with Gasteiger partial charge in [-0.25, -0.2) is 4.98 Å². The van der Waals surface area contributed by atoms with Crippen LogP contribution in [0.15, 0.2) is 22.8 Å². The van der Waals surface area contributed by atoms with Gasteiger partial charge in [-0.1, -0.05) is 0 Å². The summed E-state index contributed by atoms with van der Waals surface area (Å²) in [5, 5.41) is 0. The second-order valence-corrected chi connectivity index (χ2v) is 2.21. The number of aromatic nitrogens is 1. The molecule has 1 nitrogen and oxygen atoms in total. The number of halogens is 3. The molecular formula is C5H3Br2FLiN. The van der Waals surface area contributed by atoms with Crippen molar-refractivity contribution in [2.75, 3.05) is 0 Å². The molecule has 0 fully saturated rings. The van der Waals surface area contributed by atoms with Gasteiger partial charge in [0.15, 0.2) is 0 Å². The first kappa shape index (κ1) is 13.2. The van der Waals surface area contributed by atoms with Gasteiger partial charge >= 0.3 is 18.9 Å². The molecule has 0 radical (unpaired) electrons. The van der Waals surface area contributed by atoms with Gasteiger partial charge < -0.3 is 17.0 Å². The van der Waals surface area contributed by atoms with Crippen LogP contribution in [0.4, 0.5) is 4.39 Å². The summed E-state index contributed by atoms with van der Waals surface area (Å²) in [4.78, 5) is 3.37. The molecule has 5 heteroatoms. The van der Waals surface area contributed by atoms with Crippen LogP contribution in [-0.4, -0.2) is 4.98 Å². The van der Waals surface area contributed by atoms with Crippen LogP contribution in [0.25, 0.3) is 0 Å². The third-order valence-corrected chi connectivity index (χ3v) is 1.16. The average Bonchev–Trinajstić information content (AvgIpc) is 1.77. The predicted octanol–water partition coefficient (Wildman–Crippen LogP) is -4.01. The Hall–Kier alpha value is 0.637. The van der Waals surface area contributed by atoms with Crippen molar-refractivity contribution in [2.24, 2.45) is 0 Å². The van der Waals surface area contributed by atoms with Crippen molar-refractivity contribution in [3.8, 4) is 0 Å². The van der Waals surface area contributed by atoms with Crippen molar-refractivity contribution in [2.45, 2.75) is 0 Å². The van der Waals surface area contributed by atoms with Crippen molar-refractivity contribution in [1.29, 1.82) is 0 Å². The Balaban J connectivity index is 0. The zero-order valence-corrected chi connectivity index (χ0v) is 8.49. The molecule has 0 aromatic carbocycles. The number of hydrogen-bond donors (Lipinski definition) is 0. The molecule has 0 N–H and O–H groups in total. The number of rotatable bonds is 0. The number of hydrogen-bond acceptors (Lipinski definition) is 1. The first-order valence-electron chi connectivity index (χ1n) is 2.06. The zero-order valence-electron chi connectivity index (χ0n) is 5.31. The molecular weight excluding hydrogens is 260 g/mol. The Kier molecular flexibility index (Phi) is 8.41. The molecule has 0 amide bonds. The Bertz CT molecular complexity index is 159. The molecule has 0 aliphatic carbocycles. The van der Waals surface area contributed by atoms with Gasteiger partial charge in [0.05, 0.1) is 0 Å². The van der Waals surface area contributed by atoms with E-state index in [1.54, 1.807) is 6.07 Å². The van der Waals surface area contributed by atoms with Gasteiger partial charge in [0.25, 0.3) is 0 Å². The fourth-order valence-corrected chi connectivity index (χ4v) is 0.592. The topological polar surface area (TPSA) is 12.9 Å². The minimum Gasteiger partial charge on any atom is -1.00 e. The average molecular weight is 263 g/mol. The molecule has 0 aliphatic rings. The SMILES string of the molecule is Fc1ccc(Br)cn1.[Br-].[Li+]. The molecule has 10 heavy (non-hydrogen) atoms. The summed E-state index contributed by atoms with van der Waals surface area (Å²) in [6.45, 7) is 0. The monoisotopic (exact) mass is 261 g/mol. The first-order valence-corrected chi connectivity index (χ1v) is 2.85. The van der Waals surface area contributed by atoms with E-state index >= 15 is 0 Å². The third kappa shape index (κ3) is 4.45. The number of pyridine rings is 1. The van der Waals surface area contributed by atoms with E-state index < -0.39 is 5.95 Å². The van der Waals surface area contributed by atoms with E-state index in [1.807, 2.05) is 0 Å². The summed E-state index contributed by atoms with van der Waals surface area (Å²) < 4.78 is 12.7. The maximum absolute atomic E-state index is 12.0. The summed E-state index contributed by atoms with van der Waals surface area (Å²) >= 11 is 3.12. The third-order valence-electron chi connectivity index (χ3n) is 0.691. The minimum absolute atomic E-state index is 0. The molecule has 1 heterocycles. The molecule has 1 aromatic rings. The quantitative estimate of drug-likeness (QED) is 0.343. The van der Waals surface area contributed by atoms with E-state index in [4.69, 9.17) is 0 Å². The van der Waals surface area contributed by atoms with Gasteiger partial charge in [-0.2, -0.15) is 4.39 Å². The van der Waals surface area contributed by atoms with E-state index in [0.29, 0.717) is 0 Å². The maximum atomic E-state index is 12.0. The summed E-state index contributed by atoms with van der Waals surface area (Å²) in [5.74, 6) is -0.451. The molecule has 0 spiro atoms. The van der Waals surface area contributed by atoms with Crippen molar-refractivity contribution in [3.63, 3.8) is 0 Å². The molecule has 0 saturated carbocycles. The van der Waals surface area contributed by atoms with E-state index in [1.165, 1.54) is 12.3 Å². The second kappa shape index (κ2) is 6.35. The van der Waals surface area contributed by atoms with Crippen LogP contribution < -0.4 is 35.8 Å². The van der Waals surface area contributed by atoms with Crippen LogP contribution in [-0.2, 0) is 0 Å². The van der Waals surface area contributed by atoms with Crippen LogP contribution >= 0.6 is 15.9 Å². The van der Waals surface area contributed by atoms with Crippen molar-refractivity contribution in [3.05, 3.63) is 28.7 Å². The largest absolute Gasteiger partial charge is 1.00 e. The summed E-state index contributed by atoms with van der Waals surface area (Å²) in [6.07, 6.45) is 1.41. The van der Waals surface area contributed by atoms with Gasteiger partial charge in [-0.15, -0.1) is 0 Å². The fourth-order valence-electron chi connectivity index (χ4n) is 0.358. The Morgan fingerprint density at radius 3 is 2.30 bits per heavy atom. The molecule has 1 aromatic heterocycles. The summed E-state index contributed by atoms with van der Waals surface area (Å²) in [6, 6.07) is 2.90. The Labute approximate surface area is 89.5 Å². The van der Waals surface area contributed by atoms with Crippen LogP contribution in [0.5, 0.6) is 0 Å². The molecule has 50 valence electrons. The predicted molar refractivity (Wildman–Crippen MR) is 31.9 cm³/mol. The van der Waals surface area contributed by atoms with Gasteiger partial charge in [-0.05, 0) is 28.1 Å². The smallest absolute Gasteiger partial charge is 1.00 e. The fraction of sp³-hybridized carbons (Fsp3) is 0. The van der Waals surface area contributed by atoms with Crippen LogP contribution in [0.1, 0.15) is 0 Å². The maximum Gasteiger partial charge on any atom is 1.00 e. The minimum atomic E-state index is -0.451. The van der Waals surface area contributed by atoms with Crippen LogP contribution in [0.2, 0.25) is 0 Å². The van der Waals surface area contributed by atoms with Crippen molar-refractivity contribution >= 4 is 15.9 Å². The van der Waals surface area contributed by atoms with E-state index in [-0.39, 0.29) is 35.8 Å². The molecule has 0 unspecified atom stereocenters. The molecule has 0 saturated heterocycles. The van der Waals surface area contributed by atoms with Crippen molar-refractivity contribution < 1.29 is 40.2 Å². The molecule has 0 bridgehead atoms. The van der Waals surface area contributed by atoms with Gasteiger partial charge in [0.2, 0.25) is 5.95 Å². The Morgan fingerprint density at radius 1 is 1.40 bits per heavy atom. The Morgan fingerprint density at radius 2 is 2.00 bits per heavy atom. The summed E-state index contributed by atoms with van der Waals surface area (Å²) in [5.41, 5.74) is 0. The van der Waals surface area contributed by atoms with Crippen LogP contribution in [0.3, 0.4) is 0 Å². The van der Waals surface area contributed by atoms with Gasteiger partial charge in [0.1, 0.15) is 0 Å². The molecule has 1 rings (SSSR count). The summed E-state index contributed by atoms with van der Waals surface area (Å²) in [7, 11) is 0. The van der Waals surface area contributed by atoms with Gasteiger partial charge in [-0.3, -0.25) is 0 Å². The van der Waals surface area contributed by atoms with Crippen molar-refractivity contribution in [1.82, 2.24) is 4.98 Å². The van der Waals surface area contributed by atoms with Crippen LogP contribution in [0, 0.1) is 5.95 Å². The van der Waals surface area contributed by atoms with E-state index in [9.17, 15) is 4.39 Å². The number of nitrogens with zero attached hydrogens (tertiary/aromatic N) is 1. The van der Waals surface area contributed by atoms with Gasteiger partial charge in [0, 0.05) is 10.7 Å². The molecule has 0 aliphatic heterocycles.